The van der Waals surface area contributed by atoms with E-state index in [1.807, 2.05) is 49.4 Å². The standard InChI is InChI=1S/C41H52N4O6/c1-9-12-13-14-20-45(7)39(47)31-22-28(21-30(31)38(46)44-41(24-27(41)10-2)40(48)50-11-3)51-36-23-34(33-17-15-16-32(42-33)25(4)5)43-37-26(6)35(49-8)19-18-29(36)37/h9-10,15-19,23,25,27-28,30-31H,1-2,11-14,20-22,24H2,3-8H3,(H,44,46)/t27-,28-,30-,31-,41-/m1/s1. The summed E-state index contributed by atoms with van der Waals surface area (Å²) in [7, 11) is 3.41. The monoisotopic (exact) mass is 696 g/mol. The number of benzene rings is 1. The first kappa shape index (κ1) is 37.5. The molecule has 1 N–H and O–H groups in total. The second-order valence-electron chi connectivity index (χ2n) is 14.1. The molecule has 10 heteroatoms. The van der Waals surface area contributed by atoms with E-state index >= 15 is 0 Å². The van der Waals surface area contributed by atoms with Crippen LogP contribution in [0.15, 0.2) is 61.7 Å². The lowest BCUT2D eigenvalue weighted by molar-refractivity contribution is -0.150. The van der Waals surface area contributed by atoms with Crippen molar-refractivity contribution in [1.29, 1.82) is 0 Å². The van der Waals surface area contributed by atoms with Crippen LogP contribution in [0.5, 0.6) is 11.5 Å². The molecule has 51 heavy (non-hydrogen) atoms. The molecule has 0 radical (unpaired) electrons. The quantitative estimate of drug-likeness (QED) is 0.0971. The Labute approximate surface area is 301 Å². The van der Waals surface area contributed by atoms with Crippen LogP contribution in [0.25, 0.3) is 22.3 Å². The molecule has 0 aliphatic heterocycles. The van der Waals surface area contributed by atoms with Crippen molar-refractivity contribution >= 4 is 28.7 Å². The van der Waals surface area contributed by atoms with Crippen molar-refractivity contribution < 1.29 is 28.6 Å². The number of esters is 1. The predicted molar refractivity (Wildman–Crippen MR) is 198 cm³/mol. The van der Waals surface area contributed by atoms with E-state index in [0.29, 0.717) is 43.0 Å². The number of nitrogens with one attached hydrogen (secondary N) is 1. The third-order valence-electron chi connectivity index (χ3n) is 10.3. The van der Waals surface area contributed by atoms with Crippen LogP contribution in [0.1, 0.15) is 76.5 Å². The highest BCUT2D eigenvalue weighted by molar-refractivity contribution is 5.95. The number of fused-ring (bicyclic) bond motifs is 1. The minimum absolute atomic E-state index is 0.114. The Bertz CT molecular complexity index is 1790. The molecule has 2 saturated carbocycles. The van der Waals surface area contributed by atoms with E-state index in [0.717, 1.165) is 47.1 Å². The molecule has 10 nitrogen and oxygen atoms in total. The summed E-state index contributed by atoms with van der Waals surface area (Å²) in [6.45, 7) is 16.3. The van der Waals surface area contributed by atoms with Crippen LogP contribution in [-0.2, 0) is 19.1 Å². The van der Waals surface area contributed by atoms with Crippen molar-refractivity contribution in [3.05, 3.63) is 73.0 Å². The van der Waals surface area contributed by atoms with Crippen LogP contribution in [0, 0.1) is 24.7 Å². The van der Waals surface area contributed by atoms with Gasteiger partial charge in [-0.2, -0.15) is 0 Å². The maximum absolute atomic E-state index is 14.1. The van der Waals surface area contributed by atoms with Crippen LogP contribution in [0.2, 0.25) is 0 Å². The second kappa shape index (κ2) is 16.1. The fourth-order valence-electron chi connectivity index (χ4n) is 7.18. The average molecular weight is 697 g/mol. The molecule has 0 bridgehead atoms. The van der Waals surface area contributed by atoms with E-state index in [2.05, 4.69) is 32.3 Å². The van der Waals surface area contributed by atoms with E-state index in [9.17, 15) is 14.4 Å². The molecule has 272 valence electrons. The Morgan fingerprint density at radius 1 is 1.06 bits per heavy atom. The molecule has 2 heterocycles. The van der Waals surface area contributed by atoms with Gasteiger partial charge in [-0.3, -0.25) is 14.6 Å². The minimum Gasteiger partial charge on any atom is -0.496 e. The van der Waals surface area contributed by atoms with Crippen molar-refractivity contribution in [3.63, 3.8) is 0 Å². The summed E-state index contributed by atoms with van der Waals surface area (Å²) in [5.74, 6) is -1.01. The summed E-state index contributed by atoms with van der Waals surface area (Å²) in [5, 5.41) is 3.80. The highest BCUT2D eigenvalue weighted by Crippen LogP contribution is 2.47. The Morgan fingerprint density at radius 3 is 2.49 bits per heavy atom. The number of pyridine rings is 2. The highest BCUT2D eigenvalue weighted by atomic mass is 16.5. The van der Waals surface area contributed by atoms with Gasteiger partial charge in [0.05, 0.1) is 42.5 Å². The van der Waals surface area contributed by atoms with E-state index in [1.54, 1.807) is 32.1 Å². The molecule has 0 spiro atoms. The number of rotatable bonds is 16. The molecule has 2 amide bonds. The average Bonchev–Trinajstić information content (AvgIpc) is 3.69. The van der Waals surface area contributed by atoms with E-state index < -0.39 is 29.4 Å². The van der Waals surface area contributed by atoms with Gasteiger partial charge in [-0.15, -0.1) is 13.2 Å². The number of ether oxygens (including phenoxy) is 3. The van der Waals surface area contributed by atoms with Crippen LogP contribution in [0.3, 0.4) is 0 Å². The van der Waals surface area contributed by atoms with E-state index in [-0.39, 0.29) is 30.3 Å². The molecule has 3 aromatic rings. The smallest absolute Gasteiger partial charge is 0.332 e. The van der Waals surface area contributed by atoms with Gasteiger partial charge in [0.1, 0.15) is 23.1 Å². The van der Waals surface area contributed by atoms with Crippen molar-refractivity contribution in [3.8, 4) is 22.9 Å². The van der Waals surface area contributed by atoms with Gasteiger partial charge in [-0.05, 0) is 82.6 Å². The van der Waals surface area contributed by atoms with E-state index in [1.165, 1.54) is 0 Å². The lowest BCUT2D eigenvalue weighted by Gasteiger charge is -2.26. The molecule has 5 atom stereocenters. The first-order valence-corrected chi connectivity index (χ1v) is 18.1. The zero-order valence-corrected chi connectivity index (χ0v) is 30.9. The molecular formula is C41H52N4O6. The summed E-state index contributed by atoms with van der Waals surface area (Å²) in [4.78, 5) is 52.9. The number of carbonyl (C=O) groups excluding carboxylic acids is 3. The summed E-state index contributed by atoms with van der Waals surface area (Å²) < 4.78 is 17.8. The lowest BCUT2D eigenvalue weighted by Crippen LogP contribution is -2.50. The maximum Gasteiger partial charge on any atom is 0.332 e. The molecule has 1 aromatic carbocycles. The van der Waals surface area contributed by atoms with Gasteiger partial charge in [0.25, 0.3) is 0 Å². The molecule has 2 aliphatic carbocycles. The van der Waals surface area contributed by atoms with Gasteiger partial charge in [0.15, 0.2) is 0 Å². The summed E-state index contributed by atoms with van der Waals surface area (Å²) >= 11 is 0. The summed E-state index contributed by atoms with van der Waals surface area (Å²) in [6.07, 6.45) is 6.74. The Morgan fingerprint density at radius 2 is 1.82 bits per heavy atom. The number of hydrogen-bond acceptors (Lipinski definition) is 8. The Balaban J connectivity index is 1.49. The van der Waals surface area contributed by atoms with Crippen molar-refractivity contribution in [2.75, 3.05) is 27.3 Å². The molecular weight excluding hydrogens is 644 g/mol. The molecule has 0 saturated heterocycles. The number of hydrogen-bond donors (Lipinski definition) is 1. The molecule has 2 aromatic heterocycles. The maximum atomic E-state index is 14.1. The molecule has 0 unspecified atom stereocenters. The Kier molecular flexibility index (Phi) is 11.8. The van der Waals surface area contributed by atoms with Crippen LogP contribution >= 0.6 is 0 Å². The molecule has 5 rings (SSSR count). The van der Waals surface area contributed by atoms with Crippen LogP contribution in [-0.4, -0.2) is 71.6 Å². The number of carbonyl (C=O) groups is 3. The number of aromatic nitrogens is 2. The minimum atomic E-state index is -1.16. The van der Waals surface area contributed by atoms with Crippen molar-refractivity contribution in [1.82, 2.24) is 20.2 Å². The van der Waals surface area contributed by atoms with Crippen molar-refractivity contribution in [2.45, 2.75) is 83.8 Å². The largest absolute Gasteiger partial charge is 0.496 e. The lowest BCUT2D eigenvalue weighted by atomic mass is 9.93. The molecule has 2 aliphatic rings. The SMILES string of the molecule is C=CCCCCN(C)C(=O)[C@@H]1C[C@H](Oc2cc(-c3cccc(C(C)C)n3)nc3c(C)c(OC)ccc23)C[C@H]1C(=O)N[C@]1(C(=O)OCC)C[C@H]1C=C. The number of amides is 2. The van der Waals surface area contributed by atoms with E-state index in [4.69, 9.17) is 24.2 Å². The van der Waals surface area contributed by atoms with Crippen molar-refractivity contribution in [2.24, 2.45) is 17.8 Å². The van der Waals surface area contributed by atoms with Gasteiger partial charge < -0.3 is 24.4 Å². The Hall–Kier alpha value is -4.73. The van der Waals surface area contributed by atoms with Gasteiger partial charge in [0.2, 0.25) is 11.8 Å². The molecule has 2 fully saturated rings. The number of unbranched alkanes of at least 4 members (excludes halogenated alkanes) is 2. The first-order chi connectivity index (χ1) is 24.5. The van der Waals surface area contributed by atoms with Crippen LogP contribution in [0.4, 0.5) is 0 Å². The number of allylic oxidation sites excluding steroid dienone is 1. The fourth-order valence-corrected chi connectivity index (χ4v) is 7.18. The fraction of sp³-hybridized carbons (Fsp3) is 0.488. The van der Waals surface area contributed by atoms with Gasteiger partial charge in [-0.1, -0.05) is 32.1 Å². The summed E-state index contributed by atoms with van der Waals surface area (Å²) in [5.41, 5.74) is 2.74. The highest BCUT2D eigenvalue weighted by Gasteiger charge is 2.62. The zero-order chi connectivity index (χ0) is 36.9. The number of methoxy groups -OCH3 is 1. The van der Waals surface area contributed by atoms with Crippen LogP contribution < -0.4 is 14.8 Å². The topological polar surface area (TPSA) is 120 Å². The normalized spacial score (nSPS) is 22.3. The predicted octanol–water partition coefficient (Wildman–Crippen LogP) is 6.95. The third-order valence-corrected chi connectivity index (χ3v) is 10.3. The third kappa shape index (κ3) is 7.95. The zero-order valence-electron chi connectivity index (χ0n) is 30.9. The van der Waals surface area contributed by atoms with Gasteiger partial charge in [0, 0.05) is 42.2 Å². The van der Waals surface area contributed by atoms with Gasteiger partial charge >= 0.3 is 5.97 Å². The number of aryl methyl sites for hydroxylation is 1. The number of nitrogens with zero attached hydrogens (tertiary/aromatic N) is 3. The second-order valence-corrected chi connectivity index (χ2v) is 14.1. The van der Waals surface area contributed by atoms with Gasteiger partial charge in [-0.25, -0.2) is 9.78 Å². The summed E-state index contributed by atoms with van der Waals surface area (Å²) in [6, 6.07) is 11.6. The first-order valence-electron chi connectivity index (χ1n) is 18.1.